The number of nitrogens with one attached hydrogen (secondary N) is 1. The molecule has 0 heterocycles. The lowest BCUT2D eigenvalue weighted by molar-refractivity contribution is 1.37. The molecule has 1 N–H and O–H groups in total. The molecule has 0 amide bonds. The van der Waals surface area contributed by atoms with Gasteiger partial charge in [-0.1, -0.05) is 23.7 Å². The molecule has 0 radical (unpaired) electrons. The van der Waals surface area contributed by atoms with Crippen LogP contribution in [0.1, 0.15) is 16.7 Å². The minimum absolute atomic E-state index is 0.545. The van der Waals surface area contributed by atoms with Gasteiger partial charge in [-0.05, 0) is 49.2 Å². The average molecular weight is 257 g/mol. The fourth-order valence-corrected chi connectivity index (χ4v) is 1.91. The normalized spacial score (nSPS) is 9.89. The van der Waals surface area contributed by atoms with E-state index < -0.39 is 0 Å². The van der Waals surface area contributed by atoms with Gasteiger partial charge >= 0.3 is 0 Å². The first-order valence-corrected chi connectivity index (χ1v) is 6.02. The summed E-state index contributed by atoms with van der Waals surface area (Å²) in [6.07, 6.45) is 0. The van der Waals surface area contributed by atoms with Crippen molar-refractivity contribution in [2.75, 3.05) is 5.32 Å². The largest absolute Gasteiger partial charge is 0.354 e. The quantitative estimate of drug-likeness (QED) is 0.854. The standard InChI is InChI=1S/C15H13ClN2/c1-10-3-4-11(2)15(7-10)18-14-6-5-13(16)8-12(14)9-17/h3-8,18H,1-2H3. The summed E-state index contributed by atoms with van der Waals surface area (Å²) in [5.41, 5.74) is 4.64. The highest BCUT2D eigenvalue weighted by Crippen LogP contribution is 2.26. The predicted octanol–water partition coefficient (Wildman–Crippen LogP) is 4.57. The topological polar surface area (TPSA) is 35.8 Å². The predicted molar refractivity (Wildman–Crippen MR) is 75.4 cm³/mol. The lowest BCUT2D eigenvalue weighted by Crippen LogP contribution is -1.96. The highest BCUT2D eigenvalue weighted by molar-refractivity contribution is 6.30. The molecule has 0 aliphatic carbocycles. The van der Waals surface area contributed by atoms with E-state index in [1.165, 1.54) is 5.56 Å². The Labute approximate surface area is 112 Å². The van der Waals surface area contributed by atoms with E-state index >= 15 is 0 Å². The van der Waals surface area contributed by atoms with E-state index in [-0.39, 0.29) is 0 Å². The fourth-order valence-electron chi connectivity index (χ4n) is 1.73. The van der Waals surface area contributed by atoms with Crippen LogP contribution >= 0.6 is 11.6 Å². The van der Waals surface area contributed by atoms with Crippen LogP contribution in [-0.2, 0) is 0 Å². The van der Waals surface area contributed by atoms with Crippen molar-refractivity contribution in [3.05, 3.63) is 58.1 Å². The number of nitrogens with zero attached hydrogens (tertiary/aromatic N) is 1. The third-order valence-electron chi connectivity index (χ3n) is 2.76. The maximum atomic E-state index is 9.10. The maximum Gasteiger partial charge on any atom is 0.101 e. The minimum Gasteiger partial charge on any atom is -0.354 e. The second kappa shape index (κ2) is 5.12. The zero-order valence-corrected chi connectivity index (χ0v) is 11.0. The Morgan fingerprint density at radius 2 is 1.83 bits per heavy atom. The molecule has 2 nitrogen and oxygen atoms in total. The van der Waals surface area contributed by atoms with Gasteiger partial charge in [-0.3, -0.25) is 0 Å². The molecule has 90 valence electrons. The summed E-state index contributed by atoms with van der Waals surface area (Å²) >= 11 is 5.88. The molecule has 2 aromatic carbocycles. The van der Waals surface area contributed by atoms with E-state index in [0.717, 1.165) is 16.9 Å². The van der Waals surface area contributed by atoms with Gasteiger partial charge in [0.15, 0.2) is 0 Å². The highest BCUT2D eigenvalue weighted by atomic mass is 35.5. The van der Waals surface area contributed by atoms with Crippen molar-refractivity contribution in [1.82, 2.24) is 0 Å². The van der Waals surface area contributed by atoms with Crippen LogP contribution in [0.25, 0.3) is 0 Å². The molecule has 0 aliphatic heterocycles. The summed E-state index contributed by atoms with van der Waals surface area (Å²) in [6, 6.07) is 13.6. The zero-order chi connectivity index (χ0) is 13.1. The minimum atomic E-state index is 0.545. The molecule has 2 aromatic rings. The van der Waals surface area contributed by atoms with Crippen molar-refractivity contribution in [1.29, 1.82) is 5.26 Å². The zero-order valence-electron chi connectivity index (χ0n) is 10.3. The van der Waals surface area contributed by atoms with Crippen molar-refractivity contribution in [2.45, 2.75) is 13.8 Å². The lowest BCUT2D eigenvalue weighted by Gasteiger charge is -2.12. The molecule has 0 aliphatic rings. The number of rotatable bonds is 2. The van der Waals surface area contributed by atoms with Gasteiger partial charge in [-0.2, -0.15) is 5.26 Å². The molecule has 3 heteroatoms. The lowest BCUT2D eigenvalue weighted by atomic mass is 10.1. The number of anilines is 2. The van der Waals surface area contributed by atoms with Crippen LogP contribution < -0.4 is 5.32 Å². The smallest absolute Gasteiger partial charge is 0.101 e. The van der Waals surface area contributed by atoms with Gasteiger partial charge in [0.05, 0.1) is 11.3 Å². The first-order chi connectivity index (χ1) is 8.60. The highest BCUT2D eigenvalue weighted by Gasteiger charge is 2.05. The molecule has 0 saturated carbocycles. The fraction of sp³-hybridized carbons (Fsp3) is 0.133. The monoisotopic (exact) mass is 256 g/mol. The Hall–Kier alpha value is -1.98. The molecule has 0 fully saturated rings. The number of benzene rings is 2. The summed E-state index contributed by atoms with van der Waals surface area (Å²) < 4.78 is 0. The molecule has 0 bridgehead atoms. The maximum absolute atomic E-state index is 9.10. The van der Waals surface area contributed by atoms with Crippen molar-refractivity contribution >= 4 is 23.0 Å². The molecule has 2 rings (SSSR count). The van der Waals surface area contributed by atoms with Gasteiger partial charge in [0.1, 0.15) is 6.07 Å². The Kier molecular flexibility index (Phi) is 3.55. The van der Waals surface area contributed by atoms with Crippen molar-refractivity contribution in [3.8, 4) is 6.07 Å². The average Bonchev–Trinajstić information content (AvgIpc) is 2.36. The second-order valence-corrected chi connectivity index (χ2v) is 4.68. The van der Waals surface area contributed by atoms with Crippen molar-refractivity contribution in [2.24, 2.45) is 0 Å². The van der Waals surface area contributed by atoms with Crippen LogP contribution in [0.2, 0.25) is 5.02 Å². The Morgan fingerprint density at radius 1 is 1.06 bits per heavy atom. The van der Waals surface area contributed by atoms with Gasteiger partial charge in [0, 0.05) is 10.7 Å². The van der Waals surface area contributed by atoms with E-state index in [0.29, 0.717) is 10.6 Å². The Balaban J connectivity index is 2.40. The molecule has 0 atom stereocenters. The summed E-state index contributed by atoms with van der Waals surface area (Å²) in [4.78, 5) is 0. The first-order valence-electron chi connectivity index (χ1n) is 5.64. The molecular weight excluding hydrogens is 244 g/mol. The number of aryl methyl sites for hydroxylation is 2. The van der Waals surface area contributed by atoms with Crippen molar-refractivity contribution < 1.29 is 0 Å². The van der Waals surface area contributed by atoms with Gasteiger partial charge in [0.2, 0.25) is 0 Å². The first kappa shape index (κ1) is 12.5. The van der Waals surface area contributed by atoms with Crippen LogP contribution in [0.4, 0.5) is 11.4 Å². The van der Waals surface area contributed by atoms with Crippen LogP contribution in [0.5, 0.6) is 0 Å². The summed E-state index contributed by atoms with van der Waals surface area (Å²) in [5.74, 6) is 0. The summed E-state index contributed by atoms with van der Waals surface area (Å²) in [5, 5.41) is 12.9. The molecule has 0 spiro atoms. The van der Waals surface area contributed by atoms with E-state index in [9.17, 15) is 0 Å². The Morgan fingerprint density at radius 3 is 2.56 bits per heavy atom. The van der Waals surface area contributed by atoms with Crippen molar-refractivity contribution in [3.63, 3.8) is 0 Å². The number of hydrogen-bond acceptors (Lipinski definition) is 2. The van der Waals surface area contributed by atoms with Gasteiger partial charge in [0.25, 0.3) is 0 Å². The van der Waals surface area contributed by atoms with Gasteiger partial charge in [-0.25, -0.2) is 0 Å². The SMILES string of the molecule is Cc1ccc(C)c(Nc2ccc(Cl)cc2C#N)c1. The molecule has 0 aromatic heterocycles. The molecule has 0 unspecified atom stereocenters. The van der Waals surface area contributed by atoms with E-state index in [2.05, 4.69) is 29.6 Å². The van der Waals surface area contributed by atoms with Crippen LogP contribution in [-0.4, -0.2) is 0 Å². The van der Waals surface area contributed by atoms with E-state index in [1.807, 2.05) is 19.9 Å². The van der Waals surface area contributed by atoms with Crippen LogP contribution in [0, 0.1) is 25.2 Å². The number of hydrogen-bond donors (Lipinski definition) is 1. The molecular formula is C15H13ClN2. The van der Waals surface area contributed by atoms with E-state index in [1.54, 1.807) is 12.1 Å². The number of nitriles is 1. The second-order valence-electron chi connectivity index (χ2n) is 4.25. The summed E-state index contributed by atoms with van der Waals surface area (Å²) in [6.45, 7) is 4.07. The van der Waals surface area contributed by atoms with Crippen LogP contribution in [0.15, 0.2) is 36.4 Å². The Bertz CT molecular complexity index is 627. The molecule has 0 saturated heterocycles. The van der Waals surface area contributed by atoms with Crippen LogP contribution in [0.3, 0.4) is 0 Å². The molecule has 18 heavy (non-hydrogen) atoms. The number of halogens is 1. The van der Waals surface area contributed by atoms with Gasteiger partial charge in [-0.15, -0.1) is 0 Å². The van der Waals surface area contributed by atoms with Gasteiger partial charge < -0.3 is 5.32 Å². The third-order valence-corrected chi connectivity index (χ3v) is 3.00. The summed E-state index contributed by atoms with van der Waals surface area (Å²) in [7, 11) is 0. The van der Waals surface area contributed by atoms with E-state index in [4.69, 9.17) is 16.9 Å². The third kappa shape index (κ3) is 2.64.